The van der Waals surface area contributed by atoms with Gasteiger partial charge in [-0.3, -0.25) is 9.98 Å². The molecule has 0 aromatic heterocycles. The number of terminal acetylenes is 1. The Bertz CT molecular complexity index is 905. The minimum Gasteiger partial charge on any atom is -0.504 e. The highest BCUT2D eigenvalue weighted by atomic mass is 32.2. The maximum absolute atomic E-state index is 12.4. The number of sulfonamides is 1. The molecule has 34 heavy (non-hydrogen) atoms. The number of phenolic OH excluding ortho intramolecular Hbond substituents is 1. The average Bonchev–Trinajstić information content (AvgIpc) is 2.87. The van der Waals surface area contributed by atoms with Crippen molar-refractivity contribution >= 4 is 27.4 Å². The molecule has 0 aliphatic heterocycles. The number of amidine groups is 2. The van der Waals surface area contributed by atoms with Gasteiger partial charge in [0, 0.05) is 28.2 Å². The Morgan fingerprint density at radius 3 is 2.06 bits per heavy atom. The lowest BCUT2D eigenvalue weighted by atomic mass is 10.3. The number of benzene rings is 1. The van der Waals surface area contributed by atoms with Crippen LogP contribution in [0.4, 0.5) is 5.69 Å². The van der Waals surface area contributed by atoms with Gasteiger partial charge in [-0.25, -0.2) is 12.7 Å². The number of allylic oxidation sites excluding steroid dienone is 1. The molecule has 0 amide bonds. The van der Waals surface area contributed by atoms with Gasteiger partial charge in [0.15, 0.2) is 17.4 Å². The number of aromatic hydroxyl groups is 1. The van der Waals surface area contributed by atoms with E-state index in [0.717, 1.165) is 10.1 Å². The van der Waals surface area contributed by atoms with Gasteiger partial charge >= 0.3 is 0 Å². The van der Waals surface area contributed by atoms with Gasteiger partial charge < -0.3 is 20.5 Å². The molecular weight excluding hydrogens is 454 g/mol. The van der Waals surface area contributed by atoms with E-state index in [2.05, 4.69) is 33.5 Å². The lowest BCUT2D eigenvalue weighted by Crippen LogP contribution is -2.37. The number of nitrogens with one attached hydrogen (secondary N) is 2. The van der Waals surface area contributed by atoms with E-state index >= 15 is 0 Å². The zero-order valence-corrected chi connectivity index (χ0v) is 23.1. The Balaban J connectivity index is -0.00000148. The van der Waals surface area contributed by atoms with Crippen LogP contribution in [0.5, 0.6) is 5.75 Å². The summed E-state index contributed by atoms with van der Waals surface area (Å²) in [5.41, 5.74) is 0.197. The summed E-state index contributed by atoms with van der Waals surface area (Å²) < 4.78 is 31.3. The fourth-order valence-corrected chi connectivity index (χ4v) is 3.24. The van der Waals surface area contributed by atoms with Crippen molar-refractivity contribution < 1.29 is 18.3 Å². The van der Waals surface area contributed by atoms with Gasteiger partial charge in [0.1, 0.15) is 10.7 Å². The van der Waals surface area contributed by atoms with Crippen LogP contribution in [0, 0.1) is 12.8 Å². The Morgan fingerprint density at radius 1 is 1.12 bits per heavy atom. The number of hydrogen-bond donors (Lipinski definition) is 3. The summed E-state index contributed by atoms with van der Waals surface area (Å²) in [6.07, 6.45) is 9.85. The molecule has 0 fully saturated rings. The van der Waals surface area contributed by atoms with E-state index in [1.54, 1.807) is 20.2 Å². The van der Waals surface area contributed by atoms with E-state index < -0.39 is 15.8 Å². The summed E-state index contributed by atoms with van der Waals surface area (Å²) in [5.74, 6) is 1.13. The first-order valence-corrected chi connectivity index (χ1v) is 12.5. The Labute approximate surface area is 207 Å². The Hall–Kier alpha value is -3.03. The SMILES string of the molecule is C#C.C/C=C(/CNC(=NC)C(=NC)Nc1cccc(S(=O)(=O)N(C)C)c1O)OCC.CC.CC. The number of anilines is 1. The molecule has 194 valence electrons. The molecule has 0 atom stereocenters. The quantitative estimate of drug-likeness (QED) is 0.173. The van der Waals surface area contributed by atoms with E-state index in [4.69, 9.17) is 4.74 Å². The molecule has 0 saturated heterocycles. The van der Waals surface area contributed by atoms with Crippen molar-refractivity contribution in [3.63, 3.8) is 0 Å². The molecule has 0 saturated carbocycles. The summed E-state index contributed by atoms with van der Waals surface area (Å²) in [7, 11) is 2.16. The first kappa shape index (κ1) is 35.6. The van der Waals surface area contributed by atoms with Crippen LogP contribution in [0.25, 0.3) is 0 Å². The van der Waals surface area contributed by atoms with Crippen LogP contribution in [-0.2, 0) is 14.8 Å². The lowest BCUT2D eigenvalue weighted by molar-refractivity contribution is 0.223. The average molecular weight is 498 g/mol. The molecule has 10 heteroatoms. The van der Waals surface area contributed by atoms with Crippen molar-refractivity contribution in [1.29, 1.82) is 0 Å². The van der Waals surface area contributed by atoms with Gasteiger partial charge in [-0.05, 0) is 32.1 Å². The molecule has 0 bridgehead atoms. The van der Waals surface area contributed by atoms with Crippen molar-refractivity contribution in [3.8, 4) is 18.6 Å². The standard InChI is InChI=1S/C18H29N5O4S.2C2H6.C2H2/c1-7-13(27-8-2)12-21-17(19-3)18(20-4)22-14-10-9-11-15(16(14)24)28(25,26)23(5)6;3*1-2/h7,9-11,24H,8,12H2,1-6H3,(H,19,21)(H,20,22);2*1-2H3;1-2H/b13-7-;;;. The van der Waals surface area contributed by atoms with Crippen molar-refractivity contribution in [2.45, 2.75) is 46.4 Å². The zero-order chi connectivity index (χ0) is 27.3. The van der Waals surface area contributed by atoms with Crippen LogP contribution >= 0.6 is 0 Å². The fourth-order valence-electron chi connectivity index (χ4n) is 2.24. The van der Waals surface area contributed by atoms with Crippen LogP contribution < -0.4 is 10.6 Å². The van der Waals surface area contributed by atoms with Gasteiger partial charge in [-0.2, -0.15) is 0 Å². The number of rotatable bonds is 7. The van der Waals surface area contributed by atoms with Crippen molar-refractivity contribution in [3.05, 3.63) is 30.0 Å². The molecule has 1 aromatic carbocycles. The molecule has 0 radical (unpaired) electrons. The number of ether oxygens (including phenoxy) is 1. The maximum atomic E-state index is 12.4. The number of phenols is 1. The summed E-state index contributed by atoms with van der Waals surface area (Å²) >= 11 is 0. The highest BCUT2D eigenvalue weighted by Gasteiger charge is 2.23. The molecular formula is C24H43N5O4S. The number of hydrogen-bond acceptors (Lipinski definition) is 6. The second-order valence-corrected chi connectivity index (χ2v) is 7.87. The van der Waals surface area contributed by atoms with Gasteiger partial charge in [0.25, 0.3) is 0 Å². The van der Waals surface area contributed by atoms with Crippen LogP contribution in [0.1, 0.15) is 41.5 Å². The highest BCUT2D eigenvalue weighted by Crippen LogP contribution is 2.32. The lowest BCUT2D eigenvalue weighted by Gasteiger charge is -2.18. The molecule has 1 aromatic rings. The smallest absolute Gasteiger partial charge is 0.246 e. The van der Waals surface area contributed by atoms with Crippen molar-refractivity contribution in [1.82, 2.24) is 9.62 Å². The van der Waals surface area contributed by atoms with E-state index in [9.17, 15) is 13.5 Å². The molecule has 0 aliphatic carbocycles. The number of nitrogens with zero attached hydrogens (tertiary/aromatic N) is 3. The predicted molar refractivity (Wildman–Crippen MR) is 145 cm³/mol. The summed E-state index contributed by atoms with van der Waals surface area (Å²) in [6.45, 7) is 12.7. The topological polar surface area (TPSA) is 116 Å². The van der Waals surface area contributed by atoms with Crippen LogP contribution in [0.2, 0.25) is 0 Å². The summed E-state index contributed by atoms with van der Waals surface area (Å²) in [6, 6.07) is 4.43. The van der Waals surface area contributed by atoms with Crippen molar-refractivity contribution in [2.24, 2.45) is 9.98 Å². The second kappa shape index (κ2) is 20.6. The molecule has 0 spiro atoms. The molecule has 0 heterocycles. The van der Waals surface area contributed by atoms with Gasteiger partial charge in [0.05, 0.1) is 18.8 Å². The predicted octanol–water partition coefficient (Wildman–Crippen LogP) is 3.94. The molecule has 0 unspecified atom stereocenters. The van der Waals surface area contributed by atoms with Gasteiger partial charge in [0.2, 0.25) is 10.0 Å². The number of para-hydroxylation sites is 1. The normalized spacial score (nSPS) is 11.6. The zero-order valence-electron chi connectivity index (χ0n) is 22.3. The van der Waals surface area contributed by atoms with E-state index in [0.29, 0.717) is 24.8 Å². The molecule has 9 nitrogen and oxygen atoms in total. The summed E-state index contributed by atoms with van der Waals surface area (Å²) in [4.78, 5) is 8.13. The molecule has 0 aliphatic rings. The molecule has 3 N–H and O–H groups in total. The number of aliphatic imine (C=N–C) groups is 2. The third-order valence-electron chi connectivity index (χ3n) is 3.76. The minimum atomic E-state index is -3.80. The summed E-state index contributed by atoms with van der Waals surface area (Å²) in [5, 5.41) is 16.5. The van der Waals surface area contributed by atoms with Crippen molar-refractivity contribution in [2.75, 3.05) is 46.7 Å². The van der Waals surface area contributed by atoms with E-state index in [1.807, 2.05) is 47.6 Å². The third-order valence-corrected chi connectivity index (χ3v) is 5.61. The maximum Gasteiger partial charge on any atom is 0.246 e. The first-order valence-electron chi connectivity index (χ1n) is 11.0. The third kappa shape index (κ3) is 11.2. The van der Waals surface area contributed by atoms with Crippen LogP contribution in [0.3, 0.4) is 0 Å². The van der Waals surface area contributed by atoms with Gasteiger partial charge in [-0.15, -0.1) is 12.8 Å². The van der Waals surface area contributed by atoms with E-state index in [-0.39, 0.29) is 10.6 Å². The monoisotopic (exact) mass is 497 g/mol. The second-order valence-electron chi connectivity index (χ2n) is 5.75. The Kier molecular flexibility index (Phi) is 21.5. The minimum absolute atomic E-state index is 0.197. The van der Waals surface area contributed by atoms with Gasteiger partial charge in [-0.1, -0.05) is 33.8 Å². The largest absolute Gasteiger partial charge is 0.504 e. The first-order chi connectivity index (χ1) is 16.2. The highest BCUT2D eigenvalue weighted by molar-refractivity contribution is 7.89. The van der Waals surface area contributed by atoms with E-state index in [1.165, 1.54) is 26.2 Å². The fraction of sp³-hybridized carbons (Fsp3) is 0.500. The van der Waals surface area contributed by atoms with Crippen LogP contribution in [-0.4, -0.2) is 70.8 Å². The van der Waals surface area contributed by atoms with Crippen LogP contribution in [0.15, 0.2) is 44.9 Å². The Morgan fingerprint density at radius 2 is 1.65 bits per heavy atom. The molecule has 1 rings (SSSR count).